The molecule has 0 atom stereocenters. The van der Waals surface area contributed by atoms with Gasteiger partial charge in [0.15, 0.2) is 5.76 Å². The van der Waals surface area contributed by atoms with Crippen molar-refractivity contribution in [2.24, 2.45) is 5.10 Å². The smallest absolute Gasteiger partial charge is 0.305 e. The molecule has 0 aliphatic heterocycles. The molecule has 0 bridgehead atoms. The normalized spacial score (nSPS) is 13.5. The number of carbonyl (C=O) groups excluding carboxylic acids is 2. The van der Waals surface area contributed by atoms with E-state index in [1.807, 2.05) is 18.2 Å². The third-order valence-electron chi connectivity index (χ3n) is 5.76. The number of hydrogen-bond donors (Lipinski definition) is 3. The lowest BCUT2D eigenvalue weighted by Crippen LogP contribution is -2.42. The van der Waals surface area contributed by atoms with Gasteiger partial charge in [-0.3, -0.25) is 46.1 Å². The summed E-state index contributed by atoms with van der Waals surface area (Å²) in [6.07, 6.45) is 1.82. The topological polar surface area (TPSA) is 182 Å². The zero-order chi connectivity index (χ0) is 26.5. The summed E-state index contributed by atoms with van der Waals surface area (Å²) in [5.74, 6) is -0.486. The molecule has 1 heterocycles. The molecule has 3 aromatic rings. The maximum absolute atomic E-state index is 12.7. The van der Waals surface area contributed by atoms with E-state index in [0.29, 0.717) is 41.9 Å². The van der Waals surface area contributed by atoms with Crippen LogP contribution in [0.1, 0.15) is 45.8 Å². The number of amides is 2. The zero-order valence-electron chi connectivity index (χ0n) is 19.6. The molecule has 4 rings (SSSR count). The van der Waals surface area contributed by atoms with Crippen LogP contribution >= 0.6 is 0 Å². The molecular formula is C24H22N6O7. The van der Waals surface area contributed by atoms with Gasteiger partial charge >= 0.3 is 11.6 Å². The first-order valence-electron chi connectivity index (χ1n) is 11.3. The van der Waals surface area contributed by atoms with Crippen molar-refractivity contribution in [1.29, 1.82) is 0 Å². The number of rotatable bonds is 7. The van der Waals surface area contributed by atoms with Gasteiger partial charge in [0.2, 0.25) is 5.91 Å². The molecule has 13 nitrogen and oxygen atoms in total. The van der Waals surface area contributed by atoms with Gasteiger partial charge in [-0.25, -0.2) is 0 Å². The molecule has 0 spiro atoms. The molecule has 13 heteroatoms. The molecule has 0 saturated carbocycles. The van der Waals surface area contributed by atoms with Gasteiger partial charge < -0.3 is 4.42 Å². The van der Waals surface area contributed by atoms with E-state index in [0.717, 1.165) is 17.7 Å². The van der Waals surface area contributed by atoms with Gasteiger partial charge in [-0.05, 0) is 31.4 Å². The fourth-order valence-corrected chi connectivity index (χ4v) is 4.01. The largest absolute Gasteiger partial charge is 0.455 e. The summed E-state index contributed by atoms with van der Waals surface area (Å²) in [6.45, 7) is 1.68. The number of fused-ring (bicyclic) bond motifs is 1. The Morgan fingerprint density at radius 1 is 1.03 bits per heavy atom. The van der Waals surface area contributed by atoms with Gasteiger partial charge in [-0.2, -0.15) is 5.10 Å². The maximum atomic E-state index is 12.7. The number of carbonyl (C=O) groups is 2. The summed E-state index contributed by atoms with van der Waals surface area (Å²) in [4.78, 5) is 45.8. The average molecular weight is 506 g/mol. The molecule has 3 N–H and O–H groups in total. The minimum atomic E-state index is -0.737. The number of hydrogen-bond acceptors (Lipinski definition) is 9. The fraction of sp³-hybridized carbons (Fsp3) is 0.208. The highest BCUT2D eigenvalue weighted by Crippen LogP contribution is 2.32. The van der Waals surface area contributed by atoms with Crippen molar-refractivity contribution < 1.29 is 23.9 Å². The third kappa shape index (κ3) is 5.61. The van der Waals surface area contributed by atoms with Gasteiger partial charge in [0.25, 0.3) is 5.69 Å². The number of hydrazone groups is 1. The number of benzene rings is 2. The lowest BCUT2D eigenvalue weighted by molar-refractivity contribution is -0.393. The van der Waals surface area contributed by atoms with Crippen LogP contribution in [-0.4, -0.2) is 27.4 Å². The summed E-state index contributed by atoms with van der Waals surface area (Å²) >= 11 is 0. The van der Waals surface area contributed by atoms with Gasteiger partial charge in [-0.1, -0.05) is 30.3 Å². The second kappa shape index (κ2) is 10.7. The van der Waals surface area contributed by atoms with Crippen LogP contribution in [0.5, 0.6) is 0 Å². The number of nitro groups is 2. The van der Waals surface area contributed by atoms with Crippen molar-refractivity contribution in [2.45, 2.75) is 32.6 Å². The van der Waals surface area contributed by atoms with Crippen molar-refractivity contribution >= 4 is 34.6 Å². The minimum Gasteiger partial charge on any atom is -0.455 e. The third-order valence-corrected chi connectivity index (χ3v) is 5.76. The Balaban J connectivity index is 1.50. The van der Waals surface area contributed by atoms with Crippen LogP contribution in [0.15, 0.2) is 58.0 Å². The van der Waals surface area contributed by atoms with Gasteiger partial charge in [0.1, 0.15) is 11.4 Å². The van der Waals surface area contributed by atoms with Gasteiger partial charge in [-0.15, -0.1) is 0 Å². The first-order chi connectivity index (χ1) is 17.7. The summed E-state index contributed by atoms with van der Waals surface area (Å²) in [6, 6.07) is 12.3. The van der Waals surface area contributed by atoms with E-state index in [4.69, 9.17) is 4.42 Å². The van der Waals surface area contributed by atoms with E-state index >= 15 is 0 Å². The van der Waals surface area contributed by atoms with E-state index < -0.39 is 33.0 Å². The van der Waals surface area contributed by atoms with Crippen molar-refractivity contribution in [2.75, 3.05) is 5.43 Å². The van der Waals surface area contributed by atoms with Gasteiger partial charge in [0.05, 0.1) is 28.0 Å². The lowest BCUT2D eigenvalue weighted by atomic mass is 9.93. The van der Waals surface area contributed by atoms with Crippen LogP contribution in [0.4, 0.5) is 17.1 Å². The summed E-state index contributed by atoms with van der Waals surface area (Å²) in [5, 5.41) is 26.7. The van der Waals surface area contributed by atoms with E-state index in [-0.39, 0.29) is 17.9 Å². The Labute approximate surface area is 209 Å². The zero-order valence-corrected chi connectivity index (χ0v) is 19.6. The number of furan rings is 1. The van der Waals surface area contributed by atoms with E-state index in [9.17, 15) is 29.8 Å². The quantitative estimate of drug-likeness (QED) is 0.321. The van der Waals surface area contributed by atoms with Crippen molar-refractivity contribution in [3.8, 4) is 0 Å². The Morgan fingerprint density at radius 3 is 2.49 bits per heavy atom. The maximum Gasteiger partial charge on any atom is 0.305 e. The molecule has 37 heavy (non-hydrogen) atoms. The van der Waals surface area contributed by atoms with Crippen molar-refractivity contribution in [1.82, 2.24) is 10.9 Å². The predicted octanol–water partition coefficient (Wildman–Crippen LogP) is 3.56. The summed E-state index contributed by atoms with van der Waals surface area (Å²) < 4.78 is 5.78. The van der Waals surface area contributed by atoms with Crippen LogP contribution in [0, 0.1) is 27.2 Å². The van der Waals surface area contributed by atoms with Crippen molar-refractivity contribution in [3.63, 3.8) is 0 Å². The van der Waals surface area contributed by atoms with E-state index in [1.165, 1.54) is 6.07 Å². The van der Waals surface area contributed by atoms with Crippen LogP contribution in [-0.2, 0) is 17.6 Å². The Hall–Kier alpha value is -5.07. The van der Waals surface area contributed by atoms with E-state index in [2.05, 4.69) is 21.4 Å². The minimum absolute atomic E-state index is 0.0147. The lowest BCUT2D eigenvalue weighted by Gasteiger charge is -2.13. The average Bonchev–Trinajstić information content (AvgIpc) is 3.23. The SMILES string of the molecule is Cc1c(C(=O)NNC(=O)Cc2ccccc2)oc2c1/C(=N/Nc1ccc([N+](=O)[O-])cc1[N+](=O)[O-])CCC2. The molecule has 2 aromatic carbocycles. The second-order valence-electron chi connectivity index (χ2n) is 8.26. The van der Waals surface area contributed by atoms with Crippen LogP contribution < -0.4 is 16.3 Å². The molecule has 0 saturated heterocycles. The van der Waals surface area contributed by atoms with E-state index in [1.54, 1.807) is 19.1 Å². The Bertz CT molecular complexity index is 1410. The second-order valence-corrected chi connectivity index (χ2v) is 8.26. The number of non-ortho nitro benzene ring substituents is 1. The molecular weight excluding hydrogens is 484 g/mol. The molecule has 0 unspecified atom stereocenters. The molecule has 1 aromatic heterocycles. The molecule has 1 aliphatic rings. The number of nitrogens with one attached hydrogen (secondary N) is 3. The fourth-order valence-electron chi connectivity index (χ4n) is 4.01. The number of nitro benzene ring substituents is 2. The molecule has 0 radical (unpaired) electrons. The number of aryl methyl sites for hydroxylation is 1. The van der Waals surface area contributed by atoms with Crippen LogP contribution in [0.2, 0.25) is 0 Å². The standard InChI is InChI=1S/C24H22N6O7/c1-14-22-18(26-25-17-11-10-16(29(33)34)13-19(17)30(35)36)8-5-9-20(22)37-23(14)24(32)28-27-21(31)12-15-6-3-2-4-7-15/h2-4,6-7,10-11,13,25H,5,8-9,12H2,1H3,(H,27,31)(H,28,32)/b26-18+. The molecule has 1 aliphatic carbocycles. The highest BCUT2D eigenvalue weighted by molar-refractivity contribution is 6.06. The number of nitrogens with zero attached hydrogens (tertiary/aromatic N) is 3. The highest BCUT2D eigenvalue weighted by atomic mass is 16.6. The van der Waals surface area contributed by atoms with Crippen molar-refractivity contribution in [3.05, 3.63) is 97.0 Å². The Morgan fingerprint density at radius 2 is 1.78 bits per heavy atom. The predicted molar refractivity (Wildman–Crippen MR) is 132 cm³/mol. The Kier molecular flexibility index (Phi) is 7.23. The first kappa shape index (κ1) is 25.0. The molecule has 0 fully saturated rings. The highest BCUT2D eigenvalue weighted by Gasteiger charge is 2.28. The summed E-state index contributed by atoms with van der Waals surface area (Å²) in [5.41, 5.74) is 8.84. The molecule has 190 valence electrons. The van der Waals surface area contributed by atoms with Crippen LogP contribution in [0.25, 0.3) is 0 Å². The summed E-state index contributed by atoms with van der Waals surface area (Å²) in [7, 11) is 0. The number of anilines is 1. The first-order valence-corrected chi connectivity index (χ1v) is 11.3. The number of hydrazine groups is 1. The monoisotopic (exact) mass is 506 g/mol. The molecule has 2 amide bonds. The van der Waals surface area contributed by atoms with Crippen LogP contribution in [0.3, 0.4) is 0 Å². The van der Waals surface area contributed by atoms with Gasteiger partial charge in [0, 0.05) is 23.6 Å².